The van der Waals surface area contributed by atoms with Gasteiger partial charge in [-0.15, -0.1) is 5.11 Å². The lowest BCUT2D eigenvalue weighted by Gasteiger charge is -2.10. The van der Waals surface area contributed by atoms with Crippen LogP contribution < -0.4 is 28.7 Å². The van der Waals surface area contributed by atoms with E-state index in [9.17, 15) is 9.59 Å². The normalized spacial score (nSPS) is 10.9. The van der Waals surface area contributed by atoms with Crippen LogP contribution in [0.25, 0.3) is 0 Å². The summed E-state index contributed by atoms with van der Waals surface area (Å²) in [5, 5.41) is 9.21. The third-order valence-electron chi connectivity index (χ3n) is 9.66. The van der Waals surface area contributed by atoms with Crippen LogP contribution in [0.5, 0.6) is 0 Å². The molecule has 10 N–H and O–H groups in total. The van der Waals surface area contributed by atoms with Crippen molar-refractivity contribution >= 4 is 63.5 Å². The Kier molecular flexibility index (Phi) is 14.3. The minimum Gasteiger partial charge on any atom is -0.396 e. The van der Waals surface area contributed by atoms with Crippen molar-refractivity contribution < 1.29 is 9.59 Å². The number of carbonyl (C=O) groups is 2. The molecule has 0 atom stereocenters. The van der Waals surface area contributed by atoms with Crippen molar-refractivity contribution in [2.75, 3.05) is 28.7 Å². The maximum absolute atomic E-state index is 12.8. The van der Waals surface area contributed by atoms with E-state index in [1.165, 1.54) is 0 Å². The molecule has 0 saturated carbocycles. The maximum Gasteiger partial charge on any atom is 0.163 e. The van der Waals surface area contributed by atoms with Crippen molar-refractivity contribution in [2.24, 2.45) is 10.2 Å². The van der Waals surface area contributed by atoms with Gasteiger partial charge in [-0.05, 0) is 108 Å². The highest BCUT2D eigenvalue weighted by Crippen LogP contribution is 2.32. The largest absolute Gasteiger partial charge is 0.396 e. The number of nitrogen functional groups attached to an aromatic ring is 5. The van der Waals surface area contributed by atoms with Crippen molar-refractivity contribution in [1.29, 1.82) is 0 Å². The van der Waals surface area contributed by atoms with E-state index in [1.54, 1.807) is 36.4 Å². The fraction of sp³-hybridized carbons (Fsp3) is 0.125. The maximum atomic E-state index is 12.8. The van der Waals surface area contributed by atoms with E-state index in [1.807, 2.05) is 109 Å². The SMILES string of the molecule is Nc1cc(Cc2cccc(C(=O)CCc3ccccc3)c2)c(N)c(N)n1.Nc1cc(Cc2cccc(C(=O)CCc3ccccc3)c2)c(N=Nc2ccc(Cl)cc2)c(N)n1. The number of anilines is 5. The molecule has 0 aliphatic heterocycles. The van der Waals surface area contributed by atoms with Gasteiger partial charge in [0.1, 0.15) is 23.1 Å². The quantitative estimate of drug-likeness (QED) is 0.0521. The van der Waals surface area contributed by atoms with E-state index in [0.29, 0.717) is 77.0 Å². The molecule has 5 aromatic carbocycles. The van der Waals surface area contributed by atoms with Crippen LogP contribution in [0.15, 0.2) is 156 Å². The first-order valence-electron chi connectivity index (χ1n) is 19.4. The molecule has 7 aromatic rings. The molecule has 0 unspecified atom stereocenters. The number of Topliss-reactive ketones (excluding diaryl/α,β-unsaturated/α-hetero) is 2. The Morgan fingerprint density at radius 1 is 0.500 bits per heavy atom. The average molecular weight is 816 g/mol. The molecule has 0 radical (unpaired) electrons. The highest BCUT2D eigenvalue weighted by atomic mass is 35.5. The monoisotopic (exact) mass is 815 g/mol. The molecule has 0 spiro atoms. The van der Waals surface area contributed by atoms with Crippen molar-refractivity contribution in [1.82, 2.24) is 9.97 Å². The standard InChI is InChI=1S/C27H24ClN5O.C21H22N4O/c28-22-10-12-23(13-11-22)32-33-26-21(17-25(29)31-27(26)30)16-19-7-4-8-20(15-19)24(34)14-9-18-5-2-1-3-6-18;22-19-13-17(20(23)21(24)25-19)12-15-7-4-8-16(11-15)18(26)10-9-14-5-2-1-3-6-14/h1-8,10-13,15,17H,9,14,16H2,(H4,29,30,31);1-8,11,13H,9-10,12,23H2,(H4,22,24,25). The lowest BCUT2D eigenvalue weighted by atomic mass is 9.98. The predicted octanol–water partition coefficient (Wildman–Crippen LogP) is 9.96. The number of nitrogens with zero attached hydrogens (tertiary/aromatic N) is 4. The lowest BCUT2D eigenvalue weighted by Crippen LogP contribution is -2.06. The van der Waals surface area contributed by atoms with E-state index in [4.69, 9.17) is 40.3 Å². The summed E-state index contributed by atoms with van der Waals surface area (Å²) in [6.07, 6.45) is 3.38. The Morgan fingerprint density at radius 3 is 1.50 bits per heavy atom. The Bertz CT molecular complexity index is 2600. The molecule has 7 rings (SSSR count). The van der Waals surface area contributed by atoms with Gasteiger partial charge in [0.15, 0.2) is 17.4 Å². The van der Waals surface area contributed by atoms with E-state index in [2.05, 4.69) is 20.2 Å². The molecule has 0 bridgehead atoms. The van der Waals surface area contributed by atoms with Crippen LogP contribution in [-0.4, -0.2) is 21.5 Å². The molecule has 0 fully saturated rings. The summed E-state index contributed by atoms with van der Waals surface area (Å²) < 4.78 is 0. The number of aryl methyl sites for hydroxylation is 2. The molecule has 12 heteroatoms. The fourth-order valence-corrected chi connectivity index (χ4v) is 6.67. The van der Waals surface area contributed by atoms with Gasteiger partial charge >= 0.3 is 0 Å². The van der Waals surface area contributed by atoms with E-state index < -0.39 is 0 Å². The Hall–Kier alpha value is -7.37. The van der Waals surface area contributed by atoms with Crippen molar-refractivity contribution in [3.05, 3.63) is 195 Å². The number of pyridine rings is 2. The van der Waals surface area contributed by atoms with Crippen molar-refractivity contribution in [3.63, 3.8) is 0 Å². The van der Waals surface area contributed by atoms with Crippen molar-refractivity contribution in [3.8, 4) is 0 Å². The molecule has 60 heavy (non-hydrogen) atoms. The minimum atomic E-state index is 0.0992. The van der Waals surface area contributed by atoms with Gasteiger partial charge in [-0.25, -0.2) is 9.97 Å². The van der Waals surface area contributed by atoms with Crippen LogP contribution in [0.2, 0.25) is 5.02 Å². The lowest BCUT2D eigenvalue weighted by molar-refractivity contribution is 0.0975. The summed E-state index contributed by atoms with van der Waals surface area (Å²) in [5.41, 5.74) is 38.3. The van der Waals surface area contributed by atoms with Gasteiger partial charge in [0.2, 0.25) is 0 Å². The number of azo groups is 1. The number of ketones is 2. The van der Waals surface area contributed by atoms with Crippen LogP contribution in [0.3, 0.4) is 0 Å². The van der Waals surface area contributed by atoms with Crippen molar-refractivity contribution in [2.45, 2.75) is 38.5 Å². The number of nitrogens with two attached hydrogens (primary N) is 5. The third kappa shape index (κ3) is 12.1. The van der Waals surface area contributed by atoms with Crippen LogP contribution in [0.4, 0.5) is 40.3 Å². The van der Waals surface area contributed by atoms with Gasteiger partial charge in [0.25, 0.3) is 0 Å². The van der Waals surface area contributed by atoms with Crippen LogP contribution >= 0.6 is 11.6 Å². The predicted molar refractivity (Wildman–Crippen MR) is 243 cm³/mol. The van der Waals surface area contributed by atoms with E-state index in [0.717, 1.165) is 39.8 Å². The van der Waals surface area contributed by atoms with Gasteiger partial charge in [0.05, 0.1) is 11.4 Å². The first-order chi connectivity index (χ1) is 29.0. The topological polar surface area (TPSA) is 215 Å². The number of hydrogen-bond donors (Lipinski definition) is 5. The molecule has 2 aromatic heterocycles. The second kappa shape index (κ2) is 20.4. The van der Waals surface area contributed by atoms with Gasteiger partial charge in [0, 0.05) is 29.0 Å². The third-order valence-corrected chi connectivity index (χ3v) is 9.91. The Labute approximate surface area is 354 Å². The van der Waals surface area contributed by atoms with Crippen LogP contribution in [-0.2, 0) is 25.7 Å². The number of halogens is 1. The second-order valence-electron chi connectivity index (χ2n) is 14.2. The van der Waals surface area contributed by atoms with Gasteiger partial charge in [-0.2, -0.15) is 5.11 Å². The molecule has 2 heterocycles. The molecule has 0 amide bonds. The summed E-state index contributed by atoms with van der Waals surface area (Å²) in [7, 11) is 0. The van der Waals surface area contributed by atoms with Crippen LogP contribution in [0.1, 0.15) is 66.9 Å². The first kappa shape index (κ1) is 42.2. The number of hydrogen-bond acceptors (Lipinski definition) is 11. The smallest absolute Gasteiger partial charge is 0.163 e. The van der Waals surface area contributed by atoms with Crippen LogP contribution in [0, 0.1) is 0 Å². The van der Waals surface area contributed by atoms with E-state index >= 15 is 0 Å². The summed E-state index contributed by atoms with van der Waals surface area (Å²) in [5.74, 6) is 1.28. The molecule has 11 nitrogen and oxygen atoms in total. The molecule has 0 saturated heterocycles. The minimum absolute atomic E-state index is 0.0992. The number of rotatable bonds is 14. The van der Waals surface area contributed by atoms with Gasteiger partial charge < -0.3 is 28.7 Å². The summed E-state index contributed by atoms with van der Waals surface area (Å²) in [6.45, 7) is 0. The molecule has 302 valence electrons. The highest BCUT2D eigenvalue weighted by molar-refractivity contribution is 6.30. The Morgan fingerprint density at radius 2 is 0.967 bits per heavy atom. The Balaban J connectivity index is 0.000000209. The molecular formula is C48H46ClN9O2. The summed E-state index contributed by atoms with van der Waals surface area (Å²) in [6, 6.07) is 45.6. The number of benzene rings is 5. The van der Waals surface area contributed by atoms with E-state index in [-0.39, 0.29) is 23.2 Å². The molecular weight excluding hydrogens is 770 g/mol. The summed E-state index contributed by atoms with van der Waals surface area (Å²) in [4.78, 5) is 33.4. The molecule has 0 aliphatic rings. The zero-order chi connectivity index (χ0) is 42.4. The van der Waals surface area contributed by atoms with Gasteiger partial charge in [-0.3, -0.25) is 9.59 Å². The second-order valence-corrected chi connectivity index (χ2v) is 14.6. The number of aromatic nitrogens is 2. The summed E-state index contributed by atoms with van der Waals surface area (Å²) >= 11 is 5.93. The zero-order valence-electron chi connectivity index (χ0n) is 33.0. The zero-order valence-corrected chi connectivity index (χ0v) is 33.7. The fourth-order valence-electron chi connectivity index (χ4n) is 6.54. The highest BCUT2D eigenvalue weighted by Gasteiger charge is 2.14. The van der Waals surface area contributed by atoms with Gasteiger partial charge in [-0.1, -0.05) is 109 Å². The average Bonchev–Trinajstić information content (AvgIpc) is 3.25. The number of carbonyl (C=O) groups excluding carboxylic acids is 2. The first-order valence-corrected chi connectivity index (χ1v) is 19.7. The molecule has 0 aliphatic carbocycles.